The molecular weight excluding hydrogens is 271 g/mol. The highest BCUT2D eigenvalue weighted by Crippen LogP contribution is 2.28. The van der Waals surface area contributed by atoms with E-state index in [-0.39, 0.29) is 5.56 Å². The summed E-state index contributed by atoms with van der Waals surface area (Å²) >= 11 is 0. The molecule has 0 atom stereocenters. The minimum Gasteiger partial charge on any atom is -0.268 e. The normalized spacial score (nSPS) is 12.0. The number of rotatable bonds is 0. The first-order valence-corrected chi connectivity index (χ1v) is 7.30. The van der Waals surface area contributed by atoms with Crippen LogP contribution in [-0.4, -0.2) is 17.2 Å². The molecule has 2 heterocycles. The van der Waals surface area contributed by atoms with E-state index in [1.807, 2.05) is 62.4 Å². The highest BCUT2D eigenvalue weighted by molar-refractivity contribution is 6.33. The van der Waals surface area contributed by atoms with E-state index >= 15 is 0 Å². The molecule has 102 valence electrons. The summed E-state index contributed by atoms with van der Waals surface area (Å²) in [6, 6.07) is 18.0. The van der Waals surface area contributed by atoms with Crippen molar-refractivity contribution in [2.75, 3.05) is 0 Å². The second-order valence-electron chi connectivity index (χ2n) is 5.78. The number of benzene rings is 3. The third-order valence-corrected chi connectivity index (χ3v) is 4.39. The van der Waals surface area contributed by atoms with Crippen molar-refractivity contribution >= 4 is 51.5 Å². The van der Waals surface area contributed by atoms with Gasteiger partial charge in [-0.2, -0.15) is 0 Å². The van der Waals surface area contributed by atoms with Crippen LogP contribution in [0.5, 0.6) is 0 Å². The fraction of sp³-hybridized carbons (Fsp3) is 0. The summed E-state index contributed by atoms with van der Waals surface area (Å²) in [5, 5.41) is 3.87. The Bertz CT molecular complexity index is 1250. The highest BCUT2D eigenvalue weighted by Gasteiger charge is 2.15. The zero-order chi connectivity index (χ0) is 14.8. The summed E-state index contributed by atoms with van der Waals surface area (Å²) in [4.78, 5) is 17.7. The van der Waals surface area contributed by atoms with E-state index in [4.69, 9.17) is 4.98 Å². The maximum absolute atomic E-state index is 13.0. The van der Waals surface area contributed by atoms with Gasteiger partial charge in [0, 0.05) is 16.2 Å². The predicted molar refractivity (Wildman–Crippen MR) is 93.3 cm³/mol. The van der Waals surface area contributed by atoms with Gasteiger partial charge in [0.1, 0.15) is 13.5 Å². The van der Waals surface area contributed by atoms with Gasteiger partial charge in [0.25, 0.3) is 5.56 Å². The summed E-state index contributed by atoms with van der Waals surface area (Å²) in [7, 11) is 2.04. The van der Waals surface area contributed by atoms with E-state index in [1.165, 1.54) is 0 Å². The first-order valence-electron chi connectivity index (χ1n) is 7.30. The van der Waals surface area contributed by atoms with Gasteiger partial charge in [-0.05, 0) is 23.6 Å². The summed E-state index contributed by atoms with van der Waals surface area (Å²) in [5.41, 5.74) is 3.64. The fourth-order valence-electron chi connectivity index (χ4n) is 3.40. The van der Waals surface area contributed by atoms with Crippen LogP contribution < -0.4 is 11.0 Å². The molecule has 0 aliphatic rings. The van der Waals surface area contributed by atoms with E-state index in [0.29, 0.717) is 0 Å². The van der Waals surface area contributed by atoms with Gasteiger partial charge in [-0.15, -0.1) is 0 Å². The first-order chi connectivity index (χ1) is 10.7. The Morgan fingerprint density at radius 1 is 0.955 bits per heavy atom. The molecule has 3 nitrogen and oxygen atoms in total. The molecule has 0 fully saturated rings. The summed E-state index contributed by atoms with van der Waals surface area (Å²) in [6.45, 7) is 0. The molecule has 0 bridgehead atoms. The van der Waals surface area contributed by atoms with Gasteiger partial charge >= 0.3 is 0 Å². The molecule has 3 aromatic carbocycles. The fourth-order valence-corrected chi connectivity index (χ4v) is 3.40. The molecule has 2 aromatic heterocycles. The number of hydrogen-bond donors (Lipinski definition) is 0. The van der Waals surface area contributed by atoms with Crippen LogP contribution in [0.2, 0.25) is 0 Å². The smallest absolute Gasteiger partial charge is 0.264 e. The average molecular weight is 282 g/mol. The minimum atomic E-state index is 0.00523. The molecular formula is C18H11BN2O. The molecule has 0 saturated carbocycles. The third kappa shape index (κ3) is 1.32. The van der Waals surface area contributed by atoms with Crippen LogP contribution in [0.15, 0.2) is 59.4 Å². The number of pyridine rings is 1. The molecule has 0 saturated heterocycles. The lowest BCUT2D eigenvalue weighted by Gasteiger charge is -2.06. The van der Waals surface area contributed by atoms with Gasteiger partial charge in [0.2, 0.25) is 0 Å². The van der Waals surface area contributed by atoms with Crippen LogP contribution in [0.4, 0.5) is 0 Å². The average Bonchev–Trinajstić information content (AvgIpc) is 2.91. The third-order valence-electron chi connectivity index (χ3n) is 4.39. The highest BCUT2D eigenvalue weighted by atomic mass is 16.1. The zero-order valence-electron chi connectivity index (χ0n) is 12.0. The second-order valence-corrected chi connectivity index (χ2v) is 5.78. The Balaban J connectivity index is 2.22. The van der Waals surface area contributed by atoms with Crippen molar-refractivity contribution in [3.8, 4) is 0 Å². The molecule has 0 unspecified atom stereocenters. The van der Waals surface area contributed by atoms with Crippen LogP contribution >= 0.6 is 0 Å². The monoisotopic (exact) mass is 282 g/mol. The number of aromatic nitrogens is 2. The van der Waals surface area contributed by atoms with Crippen LogP contribution in [0.25, 0.3) is 38.2 Å². The Kier molecular flexibility index (Phi) is 2.06. The van der Waals surface area contributed by atoms with E-state index in [0.717, 1.165) is 43.7 Å². The van der Waals surface area contributed by atoms with E-state index in [2.05, 4.69) is 0 Å². The number of hydrogen-bond acceptors (Lipinski definition) is 2. The zero-order valence-corrected chi connectivity index (χ0v) is 12.0. The van der Waals surface area contributed by atoms with Crippen molar-refractivity contribution < 1.29 is 0 Å². The van der Waals surface area contributed by atoms with Crippen LogP contribution in [0.3, 0.4) is 0 Å². The maximum Gasteiger partial charge on any atom is 0.264 e. The molecule has 0 radical (unpaired) electrons. The van der Waals surface area contributed by atoms with Crippen molar-refractivity contribution in [1.82, 2.24) is 9.38 Å². The lowest BCUT2D eigenvalue weighted by molar-refractivity contribution is 1.19. The maximum atomic E-state index is 13.0. The molecule has 0 spiro atoms. The molecule has 4 heteroatoms. The van der Waals surface area contributed by atoms with Gasteiger partial charge in [-0.1, -0.05) is 41.9 Å². The van der Waals surface area contributed by atoms with Crippen molar-refractivity contribution in [3.63, 3.8) is 0 Å². The van der Waals surface area contributed by atoms with Crippen molar-refractivity contribution in [2.24, 2.45) is 0 Å². The van der Waals surface area contributed by atoms with E-state index < -0.39 is 0 Å². The lowest BCUT2D eigenvalue weighted by Crippen LogP contribution is -2.13. The topological polar surface area (TPSA) is 34.4 Å². The van der Waals surface area contributed by atoms with Crippen molar-refractivity contribution in [2.45, 2.75) is 0 Å². The largest absolute Gasteiger partial charge is 0.268 e. The minimum absolute atomic E-state index is 0.00523. The van der Waals surface area contributed by atoms with Gasteiger partial charge < -0.3 is 0 Å². The Morgan fingerprint density at radius 3 is 2.55 bits per heavy atom. The molecule has 5 aromatic rings. The van der Waals surface area contributed by atoms with Crippen molar-refractivity contribution in [3.05, 3.63) is 65.0 Å². The first kappa shape index (κ1) is 11.7. The summed E-state index contributed by atoms with van der Waals surface area (Å²) in [6.07, 6.45) is 0. The Labute approximate surface area is 126 Å². The summed E-state index contributed by atoms with van der Waals surface area (Å²) in [5.74, 6) is 0. The Hall–Kier alpha value is -2.88. The molecule has 5 rings (SSSR count). The van der Waals surface area contributed by atoms with E-state index in [1.54, 1.807) is 4.40 Å². The van der Waals surface area contributed by atoms with E-state index in [9.17, 15) is 4.79 Å². The Morgan fingerprint density at radius 2 is 1.73 bits per heavy atom. The van der Waals surface area contributed by atoms with Crippen LogP contribution in [0.1, 0.15) is 0 Å². The van der Waals surface area contributed by atoms with Gasteiger partial charge in [-0.3, -0.25) is 9.20 Å². The van der Waals surface area contributed by atoms with Gasteiger partial charge in [0.05, 0.1) is 11.0 Å². The van der Waals surface area contributed by atoms with Crippen LogP contribution in [-0.2, 0) is 0 Å². The number of nitrogens with zero attached hydrogens (tertiary/aromatic N) is 2. The van der Waals surface area contributed by atoms with Crippen molar-refractivity contribution in [1.29, 1.82) is 0 Å². The molecule has 0 amide bonds. The quantitative estimate of drug-likeness (QED) is 0.406. The SMILES string of the molecule is Bc1ccc2c(c1)nc1c3cccc4cccc(c(=O)n21)c43. The number of imidazole rings is 1. The second kappa shape index (κ2) is 3.86. The predicted octanol–water partition coefficient (Wildman–Crippen LogP) is 1.85. The summed E-state index contributed by atoms with van der Waals surface area (Å²) < 4.78 is 1.74. The van der Waals surface area contributed by atoms with Gasteiger partial charge in [0.15, 0.2) is 0 Å². The van der Waals surface area contributed by atoms with Crippen LogP contribution in [0, 0.1) is 0 Å². The number of fused-ring (bicyclic) bond motifs is 4. The molecule has 0 aliphatic heterocycles. The molecule has 0 N–H and O–H groups in total. The molecule has 22 heavy (non-hydrogen) atoms. The lowest BCUT2D eigenvalue weighted by atomic mass is 9.96. The van der Waals surface area contributed by atoms with Gasteiger partial charge in [-0.25, -0.2) is 4.98 Å². The standard InChI is InChI=1S/C18H11BN2O/c19-11-7-8-15-14(9-11)20-17-12-5-1-3-10-4-2-6-13(16(10)12)18(22)21(15)17/h1-9H,19H2. The molecule has 0 aliphatic carbocycles.